The lowest BCUT2D eigenvalue weighted by molar-refractivity contribution is 0.0684. The summed E-state index contributed by atoms with van der Waals surface area (Å²) in [7, 11) is 0. The molecule has 4 aromatic rings. The standard InChI is InChI=1S/C20H17Cl2FN8O2/c21-16-17(22)31-18(25-16)15(26-27-20(31)33)10-11-1-2-14(23)13(9-11)19(32)29-6-3-12(4-7-29)30-8-5-24-28-30/h1-2,5,8-9,12H,3-4,6-7,10H2,(H,27,33). The molecular formula is C20H17Cl2FN8O2. The summed E-state index contributed by atoms with van der Waals surface area (Å²) in [6.45, 7) is 0.973. The van der Waals surface area contributed by atoms with E-state index >= 15 is 0 Å². The highest BCUT2D eigenvalue weighted by atomic mass is 35.5. The quantitative estimate of drug-likeness (QED) is 0.470. The number of carbonyl (C=O) groups excluding carboxylic acids is 1. The molecule has 1 saturated heterocycles. The lowest BCUT2D eigenvalue weighted by Crippen LogP contribution is -2.39. The number of hydrogen-bond acceptors (Lipinski definition) is 6. The average molecular weight is 491 g/mol. The summed E-state index contributed by atoms with van der Waals surface area (Å²) >= 11 is 12.0. The summed E-state index contributed by atoms with van der Waals surface area (Å²) in [5.41, 5.74) is 0.589. The van der Waals surface area contributed by atoms with Gasteiger partial charge in [0.25, 0.3) is 5.91 Å². The minimum Gasteiger partial charge on any atom is -0.338 e. The van der Waals surface area contributed by atoms with Gasteiger partial charge in [0, 0.05) is 25.7 Å². The van der Waals surface area contributed by atoms with E-state index in [2.05, 4.69) is 25.5 Å². The first-order chi connectivity index (χ1) is 15.9. The smallest absolute Gasteiger partial charge is 0.338 e. The number of carbonyl (C=O) groups is 1. The average Bonchev–Trinajstić information content (AvgIpc) is 3.46. The molecule has 0 spiro atoms. The molecule has 0 saturated carbocycles. The zero-order valence-electron chi connectivity index (χ0n) is 17.1. The predicted molar refractivity (Wildman–Crippen MR) is 117 cm³/mol. The number of aromatic amines is 1. The third kappa shape index (κ3) is 3.98. The minimum absolute atomic E-state index is 0.0217. The van der Waals surface area contributed by atoms with E-state index in [4.69, 9.17) is 23.2 Å². The highest BCUT2D eigenvalue weighted by Crippen LogP contribution is 2.25. The second-order valence-corrected chi connectivity index (χ2v) is 8.44. The maximum absolute atomic E-state index is 14.6. The van der Waals surface area contributed by atoms with Gasteiger partial charge in [-0.1, -0.05) is 34.5 Å². The van der Waals surface area contributed by atoms with Crippen LogP contribution in [0.3, 0.4) is 0 Å². The molecule has 0 unspecified atom stereocenters. The maximum atomic E-state index is 14.6. The number of amides is 1. The van der Waals surface area contributed by atoms with Gasteiger partial charge in [0.2, 0.25) is 0 Å². The van der Waals surface area contributed by atoms with Crippen LogP contribution < -0.4 is 5.69 Å². The third-order valence-corrected chi connectivity index (χ3v) is 6.44. The van der Waals surface area contributed by atoms with E-state index in [1.807, 2.05) is 0 Å². The summed E-state index contributed by atoms with van der Waals surface area (Å²) in [6, 6.07) is 4.46. The fourth-order valence-corrected chi connectivity index (χ4v) is 4.41. The maximum Gasteiger partial charge on any atom is 0.348 e. The predicted octanol–water partition coefficient (Wildman–Crippen LogP) is 2.52. The Kier molecular flexibility index (Phi) is 5.59. The van der Waals surface area contributed by atoms with E-state index in [9.17, 15) is 14.0 Å². The van der Waals surface area contributed by atoms with Gasteiger partial charge in [-0.2, -0.15) is 5.10 Å². The number of piperidine rings is 1. The van der Waals surface area contributed by atoms with Crippen LogP contribution in [0.1, 0.15) is 40.5 Å². The van der Waals surface area contributed by atoms with Gasteiger partial charge in [-0.3, -0.25) is 4.79 Å². The van der Waals surface area contributed by atoms with Crippen LogP contribution in [0.2, 0.25) is 10.3 Å². The van der Waals surface area contributed by atoms with Crippen molar-refractivity contribution >= 4 is 34.8 Å². The largest absolute Gasteiger partial charge is 0.348 e. The van der Waals surface area contributed by atoms with Crippen LogP contribution in [0, 0.1) is 5.82 Å². The monoisotopic (exact) mass is 490 g/mol. The summed E-state index contributed by atoms with van der Waals surface area (Å²) in [5.74, 6) is -0.980. The van der Waals surface area contributed by atoms with Gasteiger partial charge >= 0.3 is 5.69 Å². The third-order valence-electron chi connectivity index (χ3n) is 5.73. The first-order valence-electron chi connectivity index (χ1n) is 10.2. The fourth-order valence-electron chi connectivity index (χ4n) is 4.04. The van der Waals surface area contributed by atoms with Gasteiger partial charge in [0.05, 0.1) is 17.8 Å². The molecule has 1 fully saturated rings. The number of nitrogens with one attached hydrogen (secondary N) is 1. The second-order valence-electron chi connectivity index (χ2n) is 7.73. The van der Waals surface area contributed by atoms with Crippen LogP contribution >= 0.6 is 23.2 Å². The molecule has 3 aromatic heterocycles. The first kappa shape index (κ1) is 21.5. The molecule has 5 rings (SSSR count). The lowest BCUT2D eigenvalue weighted by atomic mass is 10.0. The SMILES string of the molecule is O=C(c1cc(Cc2n[nH]c(=O)n3c(Cl)c(Cl)nc23)ccc1F)N1CCC(n2ccnn2)CC1. The minimum atomic E-state index is -0.603. The zero-order valence-corrected chi connectivity index (χ0v) is 18.6. The Morgan fingerprint density at radius 1 is 1.24 bits per heavy atom. The summed E-state index contributed by atoms with van der Waals surface area (Å²) in [5, 5.41) is 14.2. The van der Waals surface area contributed by atoms with Crippen LogP contribution in [0.5, 0.6) is 0 Å². The second kappa shape index (κ2) is 8.56. The molecule has 1 amide bonds. The number of H-pyrrole nitrogens is 1. The van der Waals surface area contributed by atoms with Crippen LogP contribution in [-0.2, 0) is 6.42 Å². The van der Waals surface area contributed by atoms with E-state index in [0.29, 0.717) is 37.2 Å². The van der Waals surface area contributed by atoms with Crippen LogP contribution in [0.25, 0.3) is 5.65 Å². The molecule has 1 aliphatic rings. The molecule has 1 N–H and O–H groups in total. The molecule has 170 valence electrons. The molecule has 33 heavy (non-hydrogen) atoms. The Morgan fingerprint density at radius 2 is 2.03 bits per heavy atom. The van der Waals surface area contributed by atoms with Crippen molar-refractivity contribution < 1.29 is 9.18 Å². The molecule has 0 atom stereocenters. The van der Waals surface area contributed by atoms with E-state index in [1.165, 1.54) is 12.1 Å². The topological polar surface area (TPSA) is 114 Å². The Hall–Kier alpha value is -3.31. The summed E-state index contributed by atoms with van der Waals surface area (Å²) in [6.07, 6.45) is 5.01. The number of rotatable bonds is 4. The summed E-state index contributed by atoms with van der Waals surface area (Å²) in [4.78, 5) is 30.8. The molecule has 13 heteroatoms. The van der Waals surface area contributed by atoms with Gasteiger partial charge in [-0.05, 0) is 30.5 Å². The highest BCUT2D eigenvalue weighted by molar-refractivity contribution is 6.40. The Balaban J connectivity index is 1.37. The number of aromatic nitrogens is 7. The molecule has 0 bridgehead atoms. The molecule has 1 aromatic carbocycles. The van der Waals surface area contributed by atoms with Crippen LogP contribution in [-0.4, -0.2) is 58.5 Å². The van der Waals surface area contributed by atoms with Crippen molar-refractivity contribution in [3.8, 4) is 0 Å². The molecule has 10 nitrogen and oxygen atoms in total. The van der Waals surface area contributed by atoms with E-state index in [-0.39, 0.29) is 39.9 Å². The molecule has 0 radical (unpaired) electrons. The fraction of sp³-hybridized carbons (Fsp3) is 0.300. The van der Waals surface area contributed by atoms with Gasteiger partial charge in [0.15, 0.2) is 16.0 Å². The molecular weight excluding hydrogens is 474 g/mol. The Bertz CT molecular complexity index is 1390. The first-order valence-corrected chi connectivity index (χ1v) is 10.9. The van der Waals surface area contributed by atoms with Crippen molar-refractivity contribution in [1.82, 2.24) is 39.5 Å². The van der Waals surface area contributed by atoms with Crippen LogP contribution in [0.15, 0.2) is 35.4 Å². The van der Waals surface area contributed by atoms with Gasteiger partial charge in [-0.25, -0.2) is 28.4 Å². The number of hydrogen-bond donors (Lipinski definition) is 1. The number of imidazole rings is 1. The Morgan fingerprint density at radius 3 is 2.76 bits per heavy atom. The van der Waals surface area contributed by atoms with Crippen molar-refractivity contribution in [2.24, 2.45) is 0 Å². The normalized spacial score (nSPS) is 14.8. The van der Waals surface area contributed by atoms with Crippen molar-refractivity contribution in [2.75, 3.05) is 13.1 Å². The number of likely N-dealkylation sites (tertiary alicyclic amines) is 1. The van der Waals surface area contributed by atoms with Gasteiger partial charge in [-0.15, -0.1) is 5.10 Å². The summed E-state index contributed by atoms with van der Waals surface area (Å²) < 4.78 is 17.5. The van der Waals surface area contributed by atoms with Gasteiger partial charge in [0.1, 0.15) is 11.5 Å². The van der Waals surface area contributed by atoms with E-state index in [1.54, 1.807) is 28.0 Å². The Labute approximate surface area is 195 Å². The van der Waals surface area contributed by atoms with E-state index < -0.39 is 11.5 Å². The zero-order chi connectivity index (χ0) is 23.1. The highest BCUT2D eigenvalue weighted by Gasteiger charge is 2.27. The van der Waals surface area contributed by atoms with Gasteiger partial charge < -0.3 is 4.90 Å². The number of fused-ring (bicyclic) bond motifs is 1. The van der Waals surface area contributed by atoms with Crippen molar-refractivity contribution in [1.29, 1.82) is 0 Å². The molecule has 1 aliphatic heterocycles. The number of nitrogens with zero attached hydrogens (tertiary/aromatic N) is 7. The van der Waals surface area contributed by atoms with Crippen molar-refractivity contribution in [3.05, 3.63) is 74.0 Å². The van der Waals surface area contributed by atoms with Crippen molar-refractivity contribution in [3.63, 3.8) is 0 Å². The van der Waals surface area contributed by atoms with E-state index in [0.717, 1.165) is 4.40 Å². The number of benzene rings is 1. The van der Waals surface area contributed by atoms with Crippen LogP contribution in [0.4, 0.5) is 4.39 Å². The van der Waals surface area contributed by atoms with Crippen molar-refractivity contribution in [2.45, 2.75) is 25.3 Å². The number of halogens is 3. The lowest BCUT2D eigenvalue weighted by Gasteiger charge is -2.32. The molecule has 0 aliphatic carbocycles. The molecule has 4 heterocycles.